The second-order valence-corrected chi connectivity index (χ2v) is 4.02. The van der Waals surface area contributed by atoms with Crippen LogP contribution in [0.1, 0.15) is 33.6 Å². The molecule has 0 saturated heterocycles. The number of hydrogen-bond acceptors (Lipinski definition) is 3. The maximum atomic E-state index is 11.9. The van der Waals surface area contributed by atoms with Gasteiger partial charge in [-0.25, -0.2) is 0 Å². The molecular formula is C15H24N2O2. The van der Waals surface area contributed by atoms with Gasteiger partial charge >= 0.3 is 0 Å². The Morgan fingerprint density at radius 1 is 1.32 bits per heavy atom. The quantitative estimate of drug-likeness (QED) is 0.764. The lowest BCUT2D eigenvalue weighted by atomic mass is 9.96. The standard InChI is InChI=1S/C13H18N2O2.C2H6/c1-4-6-11-8-13(14-3,7-10(11)5-2)12(17)15-9-16;1-2/h4-6,9,14H,1,7-8H2,2-3H3,(H,15,16,17);1-2H3/b10-5-,11-6-;. The van der Waals surface area contributed by atoms with Crippen molar-refractivity contribution in [2.45, 2.75) is 39.2 Å². The van der Waals surface area contributed by atoms with Crippen LogP contribution < -0.4 is 10.6 Å². The van der Waals surface area contributed by atoms with Crippen LogP contribution >= 0.6 is 0 Å². The summed E-state index contributed by atoms with van der Waals surface area (Å²) < 4.78 is 0. The average Bonchev–Trinajstić information content (AvgIpc) is 2.81. The van der Waals surface area contributed by atoms with Crippen molar-refractivity contribution < 1.29 is 9.59 Å². The third kappa shape index (κ3) is 3.89. The first-order chi connectivity index (χ1) is 9.13. The molecular weight excluding hydrogens is 240 g/mol. The molecule has 0 aliphatic heterocycles. The fourth-order valence-electron chi connectivity index (χ4n) is 2.18. The summed E-state index contributed by atoms with van der Waals surface area (Å²) in [5, 5.41) is 5.25. The number of carbonyl (C=O) groups is 2. The second-order valence-electron chi connectivity index (χ2n) is 4.02. The van der Waals surface area contributed by atoms with E-state index in [1.165, 1.54) is 0 Å². The zero-order valence-corrected chi connectivity index (χ0v) is 12.2. The van der Waals surface area contributed by atoms with Gasteiger partial charge in [-0.1, -0.05) is 38.7 Å². The summed E-state index contributed by atoms with van der Waals surface area (Å²) in [6, 6.07) is 0. The number of hydrogen-bond donors (Lipinski definition) is 2. The molecule has 19 heavy (non-hydrogen) atoms. The van der Waals surface area contributed by atoms with E-state index in [1.54, 1.807) is 13.1 Å². The highest BCUT2D eigenvalue weighted by Crippen LogP contribution is 2.38. The molecule has 106 valence electrons. The van der Waals surface area contributed by atoms with Gasteiger partial charge in [-0.05, 0) is 31.5 Å². The summed E-state index contributed by atoms with van der Waals surface area (Å²) in [4.78, 5) is 22.3. The van der Waals surface area contributed by atoms with E-state index in [2.05, 4.69) is 17.2 Å². The zero-order valence-electron chi connectivity index (χ0n) is 12.2. The Morgan fingerprint density at radius 3 is 2.32 bits per heavy atom. The van der Waals surface area contributed by atoms with Gasteiger partial charge in [0.15, 0.2) is 0 Å². The van der Waals surface area contributed by atoms with E-state index >= 15 is 0 Å². The minimum atomic E-state index is -0.725. The van der Waals surface area contributed by atoms with Crippen LogP contribution in [-0.4, -0.2) is 24.9 Å². The second kappa shape index (κ2) is 8.43. The van der Waals surface area contributed by atoms with Gasteiger partial charge in [-0.2, -0.15) is 0 Å². The third-order valence-electron chi connectivity index (χ3n) is 3.17. The zero-order chi connectivity index (χ0) is 14.9. The summed E-state index contributed by atoms with van der Waals surface area (Å²) in [5.74, 6) is -0.290. The van der Waals surface area contributed by atoms with Crippen molar-refractivity contribution in [1.82, 2.24) is 10.6 Å². The van der Waals surface area contributed by atoms with E-state index in [0.717, 1.165) is 11.1 Å². The Balaban J connectivity index is 0.00000154. The first-order valence-corrected chi connectivity index (χ1v) is 6.54. The van der Waals surface area contributed by atoms with Crippen molar-refractivity contribution in [2.75, 3.05) is 7.05 Å². The highest BCUT2D eigenvalue weighted by molar-refractivity contribution is 5.95. The molecule has 4 heteroatoms. The Bertz CT molecular complexity index is 397. The first kappa shape index (κ1) is 17.3. The van der Waals surface area contributed by atoms with Crippen molar-refractivity contribution in [3.8, 4) is 0 Å². The Morgan fingerprint density at radius 2 is 1.89 bits per heavy atom. The predicted molar refractivity (Wildman–Crippen MR) is 78.6 cm³/mol. The van der Waals surface area contributed by atoms with E-state index < -0.39 is 5.54 Å². The van der Waals surface area contributed by atoms with Crippen molar-refractivity contribution in [3.63, 3.8) is 0 Å². The number of rotatable bonds is 4. The predicted octanol–water partition coefficient (Wildman–Crippen LogP) is 2.10. The van der Waals surface area contributed by atoms with Gasteiger partial charge in [0.25, 0.3) is 0 Å². The number of amides is 2. The van der Waals surface area contributed by atoms with Gasteiger partial charge in [0.05, 0.1) is 0 Å². The molecule has 1 fully saturated rings. The fraction of sp³-hybridized carbons (Fsp3) is 0.467. The highest BCUT2D eigenvalue weighted by atomic mass is 16.2. The van der Waals surface area contributed by atoms with E-state index in [1.807, 2.05) is 32.9 Å². The molecule has 1 aliphatic carbocycles. The molecule has 1 rings (SSSR count). The monoisotopic (exact) mass is 264 g/mol. The van der Waals surface area contributed by atoms with Crippen molar-refractivity contribution in [2.24, 2.45) is 0 Å². The van der Waals surface area contributed by atoms with Gasteiger partial charge in [-0.15, -0.1) is 0 Å². The Labute approximate surface area is 115 Å². The molecule has 0 aromatic heterocycles. The summed E-state index contributed by atoms with van der Waals surface area (Å²) in [6.45, 7) is 9.61. The molecule has 1 saturated carbocycles. The molecule has 1 atom stereocenters. The van der Waals surface area contributed by atoms with Gasteiger partial charge in [0.1, 0.15) is 5.54 Å². The summed E-state index contributed by atoms with van der Waals surface area (Å²) in [6.07, 6.45) is 7.17. The minimum Gasteiger partial charge on any atom is -0.306 e. The molecule has 0 radical (unpaired) electrons. The van der Waals surface area contributed by atoms with Crippen LogP contribution in [0.15, 0.2) is 36.0 Å². The lowest BCUT2D eigenvalue weighted by molar-refractivity contribution is -0.130. The maximum Gasteiger partial charge on any atom is 0.247 e. The molecule has 1 unspecified atom stereocenters. The van der Waals surface area contributed by atoms with Gasteiger partial charge in [0.2, 0.25) is 12.3 Å². The Hall–Kier alpha value is -1.68. The summed E-state index contributed by atoms with van der Waals surface area (Å²) in [7, 11) is 1.73. The molecule has 0 bridgehead atoms. The van der Waals surface area contributed by atoms with Crippen LogP contribution in [0.5, 0.6) is 0 Å². The van der Waals surface area contributed by atoms with Crippen molar-refractivity contribution in [1.29, 1.82) is 0 Å². The van der Waals surface area contributed by atoms with Crippen LogP contribution in [0, 0.1) is 0 Å². The molecule has 0 aromatic rings. The van der Waals surface area contributed by atoms with Gasteiger partial charge in [-0.3, -0.25) is 14.9 Å². The number of imide groups is 1. The number of allylic oxidation sites excluding steroid dienone is 3. The summed E-state index contributed by atoms with van der Waals surface area (Å²) >= 11 is 0. The van der Waals surface area contributed by atoms with E-state index in [4.69, 9.17) is 0 Å². The number of carbonyl (C=O) groups excluding carboxylic acids is 2. The van der Waals surface area contributed by atoms with Gasteiger partial charge in [0, 0.05) is 6.42 Å². The van der Waals surface area contributed by atoms with E-state index in [9.17, 15) is 9.59 Å². The van der Waals surface area contributed by atoms with E-state index in [-0.39, 0.29) is 5.91 Å². The van der Waals surface area contributed by atoms with Crippen LogP contribution in [0.4, 0.5) is 0 Å². The SMILES string of the molecule is C=C/C=C1/CC(NC)(C(=O)NC=O)C/C1=C/C.CC. The van der Waals surface area contributed by atoms with Crippen molar-refractivity contribution >= 4 is 12.3 Å². The van der Waals surface area contributed by atoms with Gasteiger partial charge < -0.3 is 5.32 Å². The highest BCUT2D eigenvalue weighted by Gasteiger charge is 2.43. The topological polar surface area (TPSA) is 58.2 Å². The number of likely N-dealkylation sites (N-methyl/N-ethyl adjacent to an activating group) is 1. The molecule has 4 nitrogen and oxygen atoms in total. The van der Waals surface area contributed by atoms with E-state index in [0.29, 0.717) is 19.3 Å². The number of nitrogens with one attached hydrogen (secondary N) is 2. The molecule has 0 spiro atoms. The lowest BCUT2D eigenvalue weighted by Gasteiger charge is -2.25. The van der Waals surface area contributed by atoms with Crippen LogP contribution in [0.2, 0.25) is 0 Å². The fourth-order valence-corrected chi connectivity index (χ4v) is 2.18. The van der Waals surface area contributed by atoms with Crippen molar-refractivity contribution in [3.05, 3.63) is 36.0 Å². The summed E-state index contributed by atoms with van der Waals surface area (Å²) in [5.41, 5.74) is 1.47. The largest absolute Gasteiger partial charge is 0.306 e. The lowest BCUT2D eigenvalue weighted by Crippen LogP contribution is -2.53. The molecule has 0 heterocycles. The van der Waals surface area contributed by atoms with Crippen LogP contribution in [-0.2, 0) is 9.59 Å². The minimum absolute atomic E-state index is 0.290. The third-order valence-corrected chi connectivity index (χ3v) is 3.17. The molecule has 1 aliphatic rings. The Kier molecular flexibility index (Phi) is 7.68. The smallest absolute Gasteiger partial charge is 0.247 e. The molecule has 2 amide bonds. The normalized spacial score (nSPS) is 25.7. The first-order valence-electron chi connectivity index (χ1n) is 6.54. The van der Waals surface area contributed by atoms with Crippen LogP contribution in [0.25, 0.3) is 0 Å². The average molecular weight is 264 g/mol. The maximum absolute atomic E-state index is 11.9. The van der Waals surface area contributed by atoms with Crippen LogP contribution in [0.3, 0.4) is 0 Å². The molecule has 2 N–H and O–H groups in total. The molecule has 0 aromatic carbocycles.